The van der Waals surface area contributed by atoms with Gasteiger partial charge in [0.15, 0.2) is 5.69 Å². The molecule has 0 saturated heterocycles. The second kappa shape index (κ2) is 9.43. The van der Waals surface area contributed by atoms with Gasteiger partial charge in [-0.3, -0.25) is 9.98 Å². The van der Waals surface area contributed by atoms with Crippen molar-refractivity contribution in [1.82, 2.24) is 25.3 Å². The first kappa shape index (κ1) is 24.0. The number of benzene rings is 1. The maximum absolute atomic E-state index is 13.2. The largest absolute Gasteiger partial charge is 0.437 e. The number of hydrogen-bond acceptors (Lipinski definition) is 5. The van der Waals surface area contributed by atoms with Crippen molar-refractivity contribution in [3.63, 3.8) is 0 Å². The molecule has 3 rings (SSSR count). The van der Waals surface area contributed by atoms with Crippen molar-refractivity contribution in [1.29, 1.82) is 0 Å². The Kier molecular flexibility index (Phi) is 6.84. The molecule has 0 unspecified atom stereocenters. The van der Waals surface area contributed by atoms with Crippen molar-refractivity contribution < 1.29 is 26.3 Å². The molecule has 0 radical (unpaired) electrons. The van der Waals surface area contributed by atoms with Crippen LogP contribution < -0.4 is 0 Å². The normalized spacial score (nSPS) is 12.6. The minimum Gasteiger partial charge on any atom is -0.378 e. The number of nitrogens with one attached hydrogen (secondary N) is 1. The third-order valence-electron chi connectivity index (χ3n) is 4.68. The lowest BCUT2D eigenvalue weighted by molar-refractivity contribution is -0.140. The number of nitrogens with zero attached hydrogens (tertiary/aromatic N) is 5. The summed E-state index contributed by atoms with van der Waals surface area (Å²) in [5.74, 6) is 0. The summed E-state index contributed by atoms with van der Waals surface area (Å²) >= 11 is 0. The van der Waals surface area contributed by atoms with Crippen LogP contribution in [-0.4, -0.2) is 45.6 Å². The van der Waals surface area contributed by atoms with Gasteiger partial charge in [-0.15, -0.1) is 0 Å². The van der Waals surface area contributed by atoms with Gasteiger partial charge >= 0.3 is 12.4 Å². The molecule has 0 bridgehead atoms. The highest BCUT2D eigenvalue weighted by Crippen LogP contribution is 2.35. The third-order valence-corrected chi connectivity index (χ3v) is 4.68. The third kappa shape index (κ3) is 5.76. The van der Waals surface area contributed by atoms with E-state index in [-0.39, 0.29) is 35.5 Å². The number of rotatable bonds is 7. The van der Waals surface area contributed by atoms with Gasteiger partial charge < -0.3 is 4.90 Å². The van der Waals surface area contributed by atoms with Crippen molar-refractivity contribution >= 4 is 12.4 Å². The van der Waals surface area contributed by atoms with Crippen LogP contribution in [0.1, 0.15) is 22.5 Å². The van der Waals surface area contributed by atoms with Gasteiger partial charge in [-0.25, -0.2) is 0 Å². The Morgan fingerprint density at radius 2 is 1.82 bits per heavy atom. The molecule has 1 N–H and O–H groups in total. The maximum atomic E-state index is 13.2. The lowest BCUT2D eigenvalue weighted by atomic mass is 10.0. The molecule has 0 aliphatic rings. The van der Waals surface area contributed by atoms with E-state index in [0.717, 1.165) is 6.07 Å². The topological polar surface area (TPSA) is 70.1 Å². The zero-order valence-corrected chi connectivity index (χ0v) is 17.2. The first-order valence-electron chi connectivity index (χ1n) is 9.49. The van der Waals surface area contributed by atoms with Gasteiger partial charge in [0, 0.05) is 31.6 Å². The van der Waals surface area contributed by atoms with E-state index in [0.29, 0.717) is 0 Å². The van der Waals surface area contributed by atoms with E-state index in [2.05, 4.69) is 26.9 Å². The number of likely N-dealkylation sites (N-methyl/N-ethyl adjacent to an activating group) is 1. The maximum Gasteiger partial charge on any atom is 0.437 e. The number of halogens is 6. The molecule has 2 heterocycles. The summed E-state index contributed by atoms with van der Waals surface area (Å²) in [5, 5.41) is 8.71. The molecular formula is C21H18F6N6. The van der Waals surface area contributed by atoms with Crippen molar-refractivity contribution in [2.24, 2.45) is 4.99 Å². The Hall–Kier alpha value is -3.70. The number of aromatic amines is 1. The fraction of sp³-hybridized carbons (Fsp3) is 0.238. The van der Waals surface area contributed by atoms with Gasteiger partial charge in [0.2, 0.25) is 0 Å². The van der Waals surface area contributed by atoms with Crippen LogP contribution in [0.5, 0.6) is 0 Å². The SMILES string of the molecule is C=N/C(=C\N(C)CCc1ccccc1C(F)(F)F)c1cc(-c2n[nH]nc2C(F)(F)F)ccn1. The summed E-state index contributed by atoms with van der Waals surface area (Å²) in [5.41, 5.74) is -1.58. The predicted molar refractivity (Wildman–Crippen MR) is 110 cm³/mol. The van der Waals surface area contributed by atoms with Crippen LogP contribution in [0.4, 0.5) is 26.3 Å². The fourth-order valence-corrected chi connectivity index (χ4v) is 3.12. The van der Waals surface area contributed by atoms with E-state index in [1.54, 1.807) is 11.9 Å². The van der Waals surface area contributed by atoms with Gasteiger partial charge in [-0.2, -0.15) is 41.8 Å². The summed E-state index contributed by atoms with van der Waals surface area (Å²) in [6.07, 6.45) is -6.26. The van der Waals surface area contributed by atoms with Crippen LogP contribution >= 0.6 is 0 Å². The molecule has 0 aliphatic carbocycles. The van der Waals surface area contributed by atoms with Crippen LogP contribution in [0.2, 0.25) is 0 Å². The number of aromatic nitrogens is 4. The van der Waals surface area contributed by atoms with Crippen LogP contribution in [0, 0.1) is 0 Å². The Morgan fingerprint density at radius 1 is 1.09 bits per heavy atom. The molecule has 12 heteroatoms. The highest BCUT2D eigenvalue weighted by molar-refractivity contribution is 5.70. The van der Waals surface area contributed by atoms with E-state index < -0.39 is 29.3 Å². The number of H-pyrrole nitrogens is 1. The smallest absolute Gasteiger partial charge is 0.378 e. The number of aliphatic imine (C=N–C) groups is 1. The van der Waals surface area contributed by atoms with Crippen LogP contribution in [0.15, 0.2) is 53.8 Å². The van der Waals surface area contributed by atoms with Crippen LogP contribution in [0.25, 0.3) is 17.0 Å². The number of pyridine rings is 1. The van der Waals surface area contributed by atoms with E-state index in [9.17, 15) is 26.3 Å². The first-order valence-corrected chi connectivity index (χ1v) is 9.49. The Morgan fingerprint density at radius 3 is 2.48 bits per heavy atom. The van der Waals surface area contributed by atoms with Crippen molar-refractivity contribution in [3.05, 3.63) is 71.3 Å². The molecule has 2 aromatic heterocycles. The zero-order chi connectivity index (χ0) is 24.2. The summed E-state index contributed by atoms with van der Waals surface area (Å²) in [7, 11) is 1.63. The Balaban J connectivity index is 1.82. The molecule has 0 amide bonds. The molecule has 0 fully saturated rings. The lowest BCUT2D eigenvalue weighted by Gasteiger charge is -2.18. The van der Waals surface area contributed by atoms with E-state index in [1.165, 1.54) is 42.7 Å². The van der Waals surface area contributed by atoms with Crippen molar-refractivity contribution in [3.8, 4) is 11.3 Å². The molecule has 1 aromatic carbocycles. The van der Waals surface area contributed by atoms with Gasteiger partial charge in [0.25, 0.3) is 0 Å². The fourth-order valence-electron chi connectivity index (χ4n) is 3.12. The molecule has 174 valence electrons. The highest BCUT2D eigenvalue weighted by atomic mass is 19.4. The number of hydrogen-bond donors (Lipinski definition) is 1. The van der Waals surface area contributed by atoms with Gasteiger partial charge in [0.05, 0.1) is 11.3 Å². The highest BCUT2D eigenvalue weighted by Gasteiger charge is 2.38. The summed E-state index contributed by atoms with van der Waals surface area (Å²) < 4.78 is 78.9. The van der Waals surface area contributed by atoms with Crippen molar-refractivity contribution in [2.45, 2.75) is 18.8 Å². The van der Waals surface area contributed by atoms with Crippen molar-refractivity contribution in [2.75, 3.05) is 13.6 Å². The van der Waals surface area contributed by atoms with Crippen LogP contribution in [0.3, 0.4) is 0 Å². The minimum atomic E-state index is -4.70. The molecule has 6 nitrogen and oxygen atoms in total. The summed E-state index contributed by atoms with van der Waals surface area (Å²) in [6.45, 7) is 3.67. The number of alkyl halides is 6. The van der Waals surface area contributed by atoms with E-state index in [1.807, 2.05) is 5.21 Å². The zero-order valence-electron chi connectivity index (χ0n) is 17.2. The quantitative estimate of drug-likeness (QED) is 0.388. The lowest BCUT2D eigenvalue weighted by Crippen LogP contribution is -2.17. The van der Waals surface area contributed by atoms with Gasteiger partial charge in [-0.1, -0.05) is 18.2 Å². The minimum absolute atomic E-state index is 0.106. The van der Waals surface area contributed by atoms with Gasteiger partial charge in [-0.05, 0) is 36.9 Å². The molecule has 0 aliphatic heterocycles. The average Bonchev–Trinajstić information content (AvgIpc) is 3.26. The summed E-state index contributed by atoms with van der Waals surface area (Å²) in [6, 6.07) is 7.99. The molecule has 3 aromatic rings. The molecule has 0 atom stereocenters. The van der Waals surface area contributed by atoms with E-state index >= 15 is 0 Å². The Bertz CT molecular complexity index is 1150. The molecule has 0 saturated carbocycles. The molecule has 0 spiro atoms. The monoisotopic (exact) mass is 468 g/mol. The molecule has 33 heavy (non-hydrogen) atoms. The molecular weight excluding hydrogens is 450 g/mol. The van der Waals surface area contributed by atoms with E-state index in [4.69, 9.17) is 0 Å². The second-order valence-corrected chi connectivity index (χ2v) is 7.01. The average molecular weight is 468 g/mol. The predicted octanol–water partition coefficient (Wildman–Crippen LogP) is 5.08. The summed E-state index contributed by atoms with van der Waals surface area (Å²) in [4.78, 5) is 9.58. The first-order chi connectivity index (χ1) is 15.5. The van der Waals surface area contributed by atoms with Gasteiger partial charge in [0.1, 0.15) is 11.4 Å². The Labute approximate surface area is 184 Å². The standard InChI is InChI=1S/C21H18F6N6/c1-28-17(12-33(2)10-8-13-5-3-4-6-15(13)20(22,23)24)16-11-14(7-9-29-16)18-19(21(25,26)27)31-32-30-18/h3-7,9,11-12H,1,8,10H2,2H3,(H,30,31,32)/b17-12-. The van der Waals surface area contributed by atoms with Crippen LogP contribution in [-0.2, 0) is 18.8 Å². The second-order valence-electron chi connectivity index (χ2n) is 7.01.